The topological polar surface area (TPSA) is 88.2 Å². The third-order valence-corrected chi connectivity index (χ3v) is 7.27. The summed E-state index contributed by atoms with van der Waals surface area (Å²) < 4.78 is 10.5. The summed E-state index contributed by atoms with van der Waals surface area (Å²) in [7, 11) is 2.92. The molecule has 0 aromatic heterocycles. The summed E-state index contributed by atoms with van der Waals surface area (Å²) in [5, 5.41) is 6.40. The molecule has 1 N–H and O–H groups in total. The minimum atomic E-state index is -1.25. The third kappa shape index (κ3) is 4.13. The van der Waals surface area contributed by atoms with Crippen LogP contribution in [0.5, 0.6) is 5.75 Å². The Labute approximate surface area is 215 Å². The molecule has 2 aliphatic rings. The van der Waals surface area contributed by atoms with Gasteiger partial charge in [0.2, 0.25) is 0 Å². The number of nitrogens with one attached hydrogen (secondary N) is 1. The second-order valence-electron chi connectivity index (χ2n) is 9.46. The summed E-state index contributed by atoms with van der Waals surface area (Å²) >= 11 is 0. The summed E-state index contributed by atoms with van der Waals surface area (Å²) in [6.07, 6.45) is 0.334. The molecule has 3 aromatic rings. The zero-order valence-electron chi connectivity index (χ0n) is 21.0. The van der Waals surface area contributed by atoms with Gasteiger partial charge in [0, 0.05) is 12.0 Å². The molecule has 3 aromatic carbocycles. The van der Waals surface area contributed by atoms with Gasteiger partial charge in [0.05, 0.1) is 26.3 Å². The molecule has 0 aliphatic carbocycles. The van der Waals surface area contributed by atoms with Crippen LogP contribution in [0.3, 0.4) is 0 Å². The van der Waals surface area contributed by atoms with Gasteiger partial charge in [-0.05, 0) is 42.3 Å². The molecule has 2 heterocycles. The SMILES string of the molecule is COC(=O)[C@@]1(C)C[C@H](c2ccc(OC)cc2)N2[C@H](c3ccccc3)[C@@H](NC(=O)c3ccccc3)C(=O)N21. The number of hydrogen-bond donors (Lipinski definition) is 1. The van der Waals surface area contributed by atoms with E-state index < -0.39 is 23.6 Å². The highest BCUT2D eigenvalue weighted by atomic mass is 16.5. The Morgan fingerprint density at radius 3 is 2.11 bits per heavy atom. The summed E-state index contributed by atoms with van der Waals surface area (Å²) in [6, 6.07) is 24.1. The predicted molar refractivity (Wildman–Crippen MR) is 136 cm³/mol. The fraction of sp³-hybridized carbons (Fsp3) is 0.276. The van der Waals surface area contributed by atoms with Crippen LogP contribution >= 0.6 is 0 Å². The molecule has 5 rings (SSSR count). The maximum Gasteiger partial charge on any atom is 0.333 e. The molecular weight excluding hydrogens is 470 g/mol. The van der Waals surface area contributed by atoms with E-state index in [-0.39, 0.29) is 17.9 Å². The van der Waals surface area contributed by atoms with Crippen molar-refractivity contribution in [2.24, 2.45) is 0 Å². The molecule has 4 atom stereocenters. The van der Waals surface area contributed by atoms with Gasteiger partial charge in [-0.2, -0.15) is 5.01 Å². The van der Waals surface area contributed by atoms with Gasteiger partial charge < -0.3 is 14.8 Å². The van der Waals surface area contributed by atoms with Gasteiger partial charge in [-0.1, -0.05) is 60.7 Å². The number of hydrogen-bond acceptors (Lipinski definition) is 6. The first-order chi connectivity index (χ1) is 17.9. The molecule has 8 heteroatoms. The summed E-state index contributed by atoms with van der Waals surface area (Å²) in [4.78, 5) is 40.4. The van der Waals surface area contributed by atoms with Gasteiger partial charge >= 0.3 is 5.97 Å². The van der Waals surface area contributed by atoms with E-state index in [1.807, 2.05) is 65.7 Å². The Balaban J connectivity index is 1.62. The van der Waals surface area contributed by atoms with Crippen molar-refractivity contribution in [3.63, 3.8) is 0 Å². The van der Waals surface area contributed by atoms with Crippen molar-refractivity contribution in [2.45, 2.75) is 37.0 Å². The Bertz CT molecular complexity index is 1300. The van der Waals surface area contributed by atoms with Crippen LogP contribution in [0.2, 0.25) is 0 Å². The van der Waals surface area contributed by atoms with E-state index in [9.17, 15) is 14.4 Å². The molecule has 0 unspecified atom stereocenters. The van der Waals surface area contributed by atoms with Crippen molar-refractivity contribution in [2.75, 3.05) is 14.2 Å². The van der Waals surface area contributed by atoms with Crippen LogP contribution in [0.1, 0.15) is 46.9 Å². The fourth-order valence-electron chi connectivity index (χ4n) is 5.48. The highest BCUT2D eigenvalue weighted by molar-refractivity contribution is 6.00. The van der Waals surface area contributed by atoms with E-state index in [1.54, 1.807) is 38.3 Å². The first-order valence-corrected chi connectivity index (χ1v) is 12.1. The van der Waals surface area contributed by atoms with Crippen LogP contribution in [-0.4, -0.2) is 53.6 Å². The molecule has 2 saturated heterocycles. The average Bonchev–Trinajstić information content (AvgIpc) is 3.41. The number of nitrogens with zero attached hydrogens (tertiary/aromatic N) is 2. The third-order valence-electron chi connectivity index (χ3n) is 7.27. The van der Waals surface area contributed by atoms with Crippen molar-refractivity contribution in [3.05, 3.63) is 102 Å². The normalized spacial score (nSPS) is 25.0. The van der Waals surface area contributed by atoms with E-state index in [0.29, 0.717) is 17.7 Å². The van der Waals surface area contributed by atoms with Gasteiger partial charge in [-0.25, -0.2) is 4.79 Å². The number of benzene rings is 3. The number of fused-ring (bicyclic) bond motifs is 1. The Morgan fingerprint density at radius 1 is 0.892 bits per heavy atom. The van der Waals surface area contributed by atoms with Crippen molar-refractivity contribution in [3.8, 4) is 5.75 Å². The minimum absolute atomic E-state index is 0.331. The smallest absolute Gasteiger partial charge is 0.333 e. The zero-order valence-corrected chi connectivity index (χ0v) is 21.0. The van der Waals surface area contributed by atoms with Gasteiger partial charge in [0.15, 0.2) is 5.54 Å². The lowest BCUT2D eigenvalue weighted by Crippen LogP contribution is -2.54. The molecule has 0 saturated carbocycles. The summed E-state index contributed by atoms with van der Waals surface area (Å²) in [6.45, 7) is 1.72. The average molecular weight is 500 g/mol. The van der Waals surface area contributed by atoms with Crippen molar-refractivity contribution < 1.29 is 23.9 Å². The molecule has 8 nitrogen and oxygen atoms in total. The van der Waals surface area contributed by atoms with Crippen LogP contribution in [0.4, 0.5) is 0 Å². The maximum absolute atomic E-state index is 14.1. The lowest BCUT2D eigenvalue weighted by Gasteiger charge is -2.34. The molecule has 190 valence electrons. The second kappa shape index (κ2) is 9.71. The summed E-state index contributed by atoms with van der Waals surface area (Å²) in [5.74, 6) is -0.520. The van der Waals surface area contributed by atoms with Crippen molar-refractivity contribution in [1.29, 1.82) is 0 Å². The Kier molecular flexibility index (Phi) is 6.43. The highest BCUT2D eigenvalue weighted by Crippen LogP contribution is 2.52. The van der Waals surface area contributed by atoms with E-state index in [2.05, 4.69) is 5.32 Å². The quantitative estimate of drug-likeness (QED) is 0.521. The molecule has 0 spiro atoms. The van der Waals surface area contributed by atoms with E-state index in [0.717, 1.165) is 11.1 Å². The van der Waals surface area contributed by atoms with E-state index >= 15 is 0 Å². The number of hydrazine groups is 1. The van der Waals surface area contributed by atoms with Crippen molar-refractivity contribution in [1.82, 2.24) is 15.3 Å². The molecule has 2 aliphatic heterocycles. The monoisotopic (exact) mass is 499 g/mol. The molecule has 2 amide bonds. The number of methoxy groups -OCH3 is 2. The van der Waals surface area contributed by atoms with Crippen LogP contribution < -0.4 is 10.1 Å². The molecule has 0 bridgehead atoms. The zero-order chi connectivity index (χ0) is 26.2. The van der Waals surface area contributed by atoms with E-state index in [1.165, 1.54) is 12.1 Å². The van der Waals surface area contributed by atoms with Crippen LogP contribution in [0.15, 0.2) is 84.9 Å². The second-order valence-corrected chi connectivity index (χ2v) is 9.46. The number of rotatable bonds is 6. The van der Waals surface area contributed by atoms with Crippen LogP contribution in [0, 0.1) is 0 Å². The van der Waals surface area contributed by atoms with Crippen LogP contribution in [0.25, 0.3) is 0 Å². The molecule has 2 fully saturated rings. The standard InChI is InChI=1S/C29H29N3O5/c1-29(28(35)37-3)18-23(19-14-16-22(36-2)17-15-19)31-25(20-10-6-4-7-11-20)24(27(34)32(29)31)30-26(33)21-12-8-5-9-13-21/h4-17,23-25H,18H2,1-3H3,(H,30,33)/t23-,24-,25-,29-/m1/s1. The number of carbonyl (C=O) groups is 3. The van der Waals surface area contributed by atoms with Crippen molar-refractivity contribution >= 4 is 17.8 Å². The number of esters is 1. The van der Waals surface area contributed by atoms with E-state index in [4.69, 9.17) is 9.47 Å². The van der Waals surface area contributed by atoms with Gasteiger partial charge in [0.25, 0.3) is 11.8 Å². The minimum Gasteiger partial charge on any atom is -0.497 e. The van der Waals surface area contributed by atoms with Crippen LogP contribution in [-0.2, 0) is 14.3 Å². The molecular formula is C29H29N3O5. The fourth-order valence-corrected chi connectivity index (χ4v) is 5.48. The number of ether oxygens (including phenoxy) is 2. The first kappa shape index (κ1) is 24.5. The Morgan fingerprint density at radius 2 is 1.51 bits per heavy atom. The first-order valence-electron chi connectivity index (χ1n) is 12.1. The summed E-state index contributed by atoms with van der Waals surface area (Å²) in [5.41, 5.74) is 0.966. The predicted octanol–water partition coefficient (Wildman–Crippen LogP) is 3.67. The molecule has 0 radical (unpaired) electrons. The lowest BCUT2D eigenvalue weighted by molar-refractivity contribution is -0.166. The number of amides is 2. The molecule has 37 heavy (non-hydrogen) atoms. The van der Waals surface area contributed by atoms with Gasteiger partial charge in [-0.15, -0.1) is 0 Å². The highest BCUT2D eigenvalue weighted by Gasteiger charge is 2.64. The van der Waals surface area contributed by atoms with Gasteiger partial charge in [-0.3, -0.25) is 14.6 Å². The number of carbonyl (C=O) groups excluding carboxylic acids is 3. The van der Waals surface area contributed by atoms with Gasteiger partial charge in [0.1, 0.15) is 11.8 Å². The Hall–Kier alpha value is -4.17. The lowest BCUT2D eigenvalue weighted by atomic mass is 9.88. The maximum atomic E-state index is 14.1. The largest absolute Gasteiger partial charge is 0.497 e.